The molecule has 5 N–H and O–H groups in total. The average Bonchev–Trinajstić information content (AvgIpc) is 3.01. The summed E-state index contributed by atoms with van der Waals surface area (Å²) in [6, 6.07) is 22.7. The highest BCUT2D eigenvalue weighted by Crippen LogP contribution is 2.33. The zero-order chi connectivity index (χ0) is 29.9. The summed E-state index contributed by atoms with van der Waals surface area (Å²) >= 11 is 6.08. The largest absolute Gasteiger partial charge is 0.366 e. The van der Waals surface area contributed by atoms with E-state index in [1.54, 1.807) is 12.1 Å². The fourth-order valence-corrected chi connectivity index (χ4v) is 5.18. The molecule has 1 saturated carbocycles. The van der Waals surface area contributed by atoms with Gasteiger partial charge in [-0.15, -0.1) is 0 Å². The number of nitrogens with zero attached hydrogens (tertiary/aromatic N) is 6. The highest BCUT2D eigenvalue weighted by molar-refractivity contribution is 6.30. The van der Waals surface area contributed by atoms with Crippen molar-refractivity contribution in [2.75, 3.05) is 4.90 Å². The first kappa shape index (κ1) is 30.2. The van der Waals surface area contributed by atoms with Crippen molar-refractivity contribution in [2.24, 2.45) is 31.9 Å². The molecule has 0 bridgehead atoms. The summed E-state index contributed by atoms with van der Waals surface area (Å²) in [5.41, 5.74) is 9.90. The lowest BCUT2D eigenvalue weighted by Crippen LogP contribution is -2.39. The van der Waals surface area contributed by atoms with Gasteiger partial charge in [0.25, 0.3) is 5.91 Å². The number of benzene rings is 3. The minimum absolute atomic E-state index is 0.254. The number of nitriles is 1. The lowest BCUT2D eigenvalue weighted by molar-refractivity contribution is 0.100. The summed E-state index contributed by atoms with van der Waals surface area (Å²) in [5.74, 6) is 5.04. The number of hydrogen-bond donors (Lipinski definition) is 3. The molecule has 1 atom stereocenters. The topological polar surface area (TPSA) is 158 Å². The van der Waals surface area contributed by atoms with Crippen LogP contribution >= 0.6 is 11.6 Å². The van der Waals surface area contributed by atoms with Crippen LogP contribution in [0.4, 0.5) is 5.69 Å². The van der Waals surface area contributed by atoms with Crippen LogP contribution in [0.25, 0.3) is 0 Å². The number of carbonyl (C=O) groups excluding carboxylic acids is 1. The molecule has 216 valence electrons. The average molecular weight is 584 g/mol. The highest BCUT2D eigenvalue weighted by Gasteiger charge is 2.20. The number of carbonyl (C=O) groups is 1. The van der Waals surface area contributed by atoms with Gasteiger partial charge in [0, 0.05) is 16.3 Å². The smallest absolute Gasteiger partial charge is 0.280 e. The van der Waals surface area contributed by atoms with Gasteiger partial charge >= 0.3 is 0 Å². The minimum Gasteiger partial charge on any atom is -0.366 e. The van der Waals surface area contributed by atoms with E-state index in [9.17, 15) is 10.1 Å². The molecule has 1 amide bonds. The third-order valence-corrected chi connectivity index (χ3v) is 7.54. The molecule has 0 heterocycles. The van der Waals surface area contributed by atoms with E-state index in [4.69, 9.17) is 28.2 Å². The van der Waals surface area contributed by atoms with Gasteiger partial charge in [0.1, 0.15) is 0 Å². The van der Waals surface area contributed by atoms with E-state index in [1.165, 1.54) is 37.7 Å². The van der Waals surface area contributed by atoms with Crippen LogP contribution in [-0.2, 0) is 6.54 Å². The van der Waals surface area contributed by atoms with Gasteiger partial charge in [-0.2, -0.15) is 10.3 Å². The maximum atomic E-state index is 12.4. The summed E-state index contributed by atoms with van der Waals surface area (Å²) in [6.45, 7) is 2.34. The highest BCUT2D eigenvalue weighted by atomic mass is 35.5. The Morgan fingerprint density at radius 1 is 1.05 bits per heavy atom. The van der Waals surface area contributed by atoms with E-state index in [-0.39, 0.29) is 12.0 Å². The molecule has 42 heavy (non-hydrogen) atoms. The summed E-state index contributed by atoms with van der Waals surface area (Å²) in [4.78, 5) is 22.9. The summed E-state index contributed by atoms with van der Waals surface area (Å²) in [5, 5.41) is 19.5. The predicted octanol–water partition coefficient (Wildman–Crippen LogP) is 6.36. The Morgan fingerprint density at radius 2 is 1.71 bits per heavy atom. The second-order valence-electron chi connectivity index (χ2n) is 10.1. The SMILES string of the molecule is CC(N=C(NC#N)N(Cc1ccc(C(=O)N=C(N)/N=N\N)cc1)c1ccc(C2CCCCC2)cc1)c1ccc(Cl)cc1. The normalized spacial score (nSPS) is 15.3. The molecule has 0 saturated heterocycles. The van der Waals surface area contributed by atoms with Crippen LogP contribution in [0.5, 0.6) is 0 Å². The molecule has 0 aliphatic heterocycles. The van der Waals surface area contributed by atoms with Crippen molar-refractivity contribution in [2.45, 2.75) is 57.5 Å². The molecule has 3 aromatic rings. The van der Waals surface area contributed by atoms with Gasteiger partial charge < -0.3 is 16.5 Å². The number of nitrogens with one attached hydrogen (secondary N) is 1. The standard InChI is InChI=1S/C31H34ClN9O/c1-21(23-11-15-27(32)16-12-23)37-31(36-20-33)41(28-17-13-25(14-18-28)24-5-3-2-4-6-24)19-22-7-9-26(10-8-22)29(42)38-30(34)39-40-35/h7-18,21,24H,2-6,19H2,1H3,(H,36,37)(H4,34,35,38,39,42). The van der Waals surface area contributed by atoms with Crippen LogP contribution in [0.3, 0.4) is 0 Å². The molecule has 10 nitrogen and oxygen atoms in total. The van der Waals surface area contributed by atoms with E-state index >= 15 is 0 Å². The lowest BCUT2D eigenvalue weighted by Gasteiger charge is -2.27. The van der Waals surface area contributed by atoms with Crippen LogP contribution in [-0.4, -0.2) is 17.8 Å². The van der Waals surface area contributed by atoms with Crippen molar-refractivity contribution < 1.29 is 4.79 Å². The second-order valence-corrected chi connectivity index (χ2v) is 10.6. The summed E-state index contributed by atoms with van der Waals surface area (Å²) < 4.78 is 0. The van der Waals surface area contributed by atoms with Crippen molar-refractivity contribution in [3.63, 3.8) is 0 Å². The summed E-state index contributed by atoms with van der Waals surface area (Å²) in [6.07, 6.45) is 8.29. The zero-order valence-corrected chi connectivity index (χ0v) is 24.2. The van der Waals surface area contributed by atoms with Crippen molar-refractivity contribution in [3.8, 4) is 6.19 Å². The van der Waals surface area contributed by atoms with Gasteiger partial charge in [0.15, 0.2) is 6.19 Å². The number of aliphatic imine (C=N–C) groups is 2. The first-order chi connectivity index (χ1) is 20.4. The van der Waals surface area contributed by atoms with Gasteiger partial charge in [-0.3, -0.25) is 10.1 Å². The Morgan fingerprint density at radius 3 is 2.33 bits per heavy atom. The molecule has 11 heteroatoms. The molecule has 0 spiro atoms. The molecular formula is C31H34ClN9O. The third-order valence-electron chi connectivity index (χ3n) is 7.29. The van der Waals surface area contributed by atoms with Gasteiger partial charge in [-0.05, 0) is 78.8 Å². The number of anilines is 1. The molecule has 1 fully saturated rings. The van der Waals surface area contributed by atoms with Crippen LogP contribution in [0.15, 0.2) is 93.1 Å². The van der Waals surface area contributed by atoms with E-state index < -0.39 is 5.91 Å². The minimum atomic E-state index is -0.563. The quantitative estimate of drug-likeness (QED) is 0.0558. The van der Waals surface area contributed by atoms with E-state index in [2.05, 4.69) is 44.9 Å². The van der Waals surface area contributed by atoms with Crippen molar-refractivity contribution in [1.29, 1.82) is 5.26 Å². The molecule has 4 rings (SSSR count). The monoisotopic (exact) mass is 583 g/mol. The molecule has 3 aromatic carbocycles. The fourth-order valence-electron chi connectivity index (χ4n) is 5.05. The molecule has 1 aliphatic carbocycles. The fraction of sp³-hybridized carbons (Fsp3) is 0.290. The number of halogens is 1. The first-order valence-corrected chi connectivity index (χ1v) is 14.2. The Bertz CT molecular complexity index is 1470. The van der Waals surface area contributed by atoms with Crippen LogP contribution < -0.4 is 21.8 Å². The van der Waals surface area contributed by atoms with Crippen LogP contribution in [0.1, 0.15) is 78.0 Å². The van der Waals surface area contributed by atoms with Gasteiger partial charge in [-0.1, -0.05) is 77.6 Å². The van der Waals surface area contributed by atoms with Crippen molar-refractivity contribution >= 4 is 35.1 Å². The predicted molar refractivity (Wildman–Crippen MR) is 166 cm³/mol. The number of nitrogens with two attached hydrogens (primary N) is 2. The molecular weight excluding hydrogens is 550 g/mol. The molecule has 0 radical (unpaired) electrons. The Kier molecular flexibility index (Phi) is 10.6. The van der Waals surface area contributed by atoms with E-state index in [1.807, 2.05) is 54.4 Å². The van der Waals surface area contributed by atoms with Crippen LogP contribution in [0, 0.1) is 11.5 Å². The van der Waals surface area contributed by atoms with Crippen LogP contribution in [0.2, 0.25) is 5.02 Å². The van der Waals surface area contributed by atoms with Gasteiger partial charge in [-0.25, -0.2) is 4.99 Å². The van der Waals surface area contributed by atoms with Crippen molar-refractivity contribution in [1.82, 2.24) is 5.32 Å². The Hall–Kier alpha value is -4.75. The van der Waals surface area contributed by atoms with Gasteiger partial charge in [0.2, 0.25) is 11.9 Å². The molecule has 0 aromatic heterocycles. The van der Waals surface area contributed by atoms with Gasteiger partial charge in [0.05, 0.1) is 12.6 Å². The number of rotatable bonds is 7. The van der Waals surface area contributed by atoms with E-state index in [0.29, 0.717) is 29.0 Å². The number of guanidine groups is 2. The lowest BCUT2D eigenvalue weighted by atomic mass is 9.84. The molecule has 1 aliphatic rings. The summed E-state index contributed by atoms with van der Waals surface area (Å²) in [7, 11) is 0. The third kappa shape index (κ3) is 8.15. The Labute approximate surface area is 250 Å². The maximum absolute atomic E-state index is 12.4. The Balaban J connectivity index is 1.66. The maximum Gasteiger partial charge on any atom is 0.280 e. The molecule has 1 unspecified atom stereocenters. The second kappa shape index (κ2) is 14.8. The van der Waals surface area contributed by atoms with Crippen molar-refractivity contribution in [3.05, 3.63) is 100 Å². The first-order valence-electron chi connectivity index (χ1n) is 13.8. The zero-order valence-electron chi connectivity index (χ0n) is 23.4. The van der Waals surface area contributed by atoms with E-state index in [0.717, 1.165) is 16.8 Å². The number of hydrogen-bond acceptors (Lipinski definition) is 4. The number of amides is 1.